The van der Waals surface area contributed by atoms with Crippen LogP contribution in [0.3, 0.4) is 0 Å². The van der Waals surface area contributed by atoms with Crippen LogP contribution in [0.15, 0.2) is 60.9 Å². The van der Waals surface area contributed by atoms with Crippen molar-refractivity contribution in [2.24, 2.45) is 0 Å². The Morgan fingerprint density at radius 1 is 1.05 bits per heavy atom. The van der Waals surface area contributed by atoms with Crippen LogP contribution in [0.4, 0.5) is 0 Å². The first kappa shape index (κ1) is 13.4. The summed E-state index contributed by atoms with van der Waals surface area (Å²) in [5.41, 5.74) is 2.84. The molecule has 0 fully saturated rings. The largest absolute Gasteiger partial charge is 0.352 e. The lowest BCUT2D eigenvalue weighted by Gasteiger charge is -2.06. The minimum Gasteiger partial charge on any atom is -0.352 e. The molecule has 0 spiro atoms. The highest BCUT2D eigenvalue weighted by Gasteiger charge is 2.04. The van der Waals surface area contributed by atoms with E-state index < -0.39 is 0 Å². The van der Waals surface area contributed by atoms with Crippen molar-refractivity contribution in [1.82, 2.24) is 14.9 Å². The predicted octanol–water partition coefficient (Wildman–Crippen LogP) is 2.86. The molecule has 0 saturated heterocycles. The van der Waals surface area contributed by atoms with Gasteiger partial charge in [-0.3, -0.25) is 4.79 Å². The Bertz CT molecular complexity index is 734. The van der Waals surface area contributed by atoms with Gasteiger partial charge in [-0.1, -0.05) is 30.3 Å². The van der Waals surface area contributed by atoms with Gasteiger partial charge in [0.05, 0.1) is 17.4 Å². The van der Waals surface area contributed by atoms with Crippen LogP contribution in [0, 0.1) is 0 Å². The molecule has 0 radical (unpaired) electrons. The van der Waals surface area contributed by atoms with Gasteiger partial charge in [-0.15, -0.1) is 0 Å². The fraction of sp³-hybridized carbons (Fsp3) is 0.176. The van der Waals surface area contributed by atoms with Gasteiger partial charge in [-0.25, -0.2) is 4.98 Å². The second-order valence-corrected chi connectivity index (χ2v) is 4.90. The lowest BCUT2D eigenvalue weighted by Crippen LogP contribution is -2.25. The maximum absolute atomic E-state index is 11.9. The predicted molar refractivity (Wildman–Crippen MR) is 83.1 cm³/mol. The first-order valence-corrected chi connectivity index (χ1v) is 7.08. The summed E-state index contributed by atoms with van der Waals surface area (Å²) >= 11 is 0. The summed E-state index contributed by atoms with van der Waals surface area (Å²) in [5, 5.41) is 2.94. The summed E-state index contributed by atoms with van der Waals surface area (Å²) in [5.74, 6) is -0.0221. The van der Waals surface area contributed by atoms with Crippen molar-refractivity contribution in [2.45, 2.75) is 13.0 Å². The number of hydrogen-bond donors (Lipinski definition) is 1. The van der Waals surface area contributed by atoms with Crippen LogP contribution in [0.2, 0.25) is 0 Å². The molecule has 3 aromatic rings. The van der Waals surface area contributed by atoms with Crippen molar-refractivity contribution >= 4 is 16.9 Å². The molecular formula is C17H17N3O. The molecule has 1 amide bonds. The Morgan fingerprint density at radius 3 is 2.67 bits per heavy atom. The van der Waals surface area contributed by atoms with Crippen molar-refractivity contribution in [3.8, 4) is 0 Å². The average molecular weight is 279 g/mol. The molecule has 106 valence electrons. The third kappa shape index (κ3) is 3.11. The maximum atomic E-state index is 11.9. The highest BCUT2D eigenvalue weighted by Crippen LogP contribution is 2.11. The molecule has 3 rings (SSSR count). The van der Waals surface area contributed by atoms with Gasteiger partial charge in [0.25, 0.3) is 5.91 Å². The first-order chi connectivity index (χ1) is 10.3. The fourth-order valence-corrected chi connectivity index (χ4v) is 2.33. The summed E-state index contributed by atoms with van der Waals surface area (Å²) in [6.07, 6.45) is 2.72. The number of aryl methyl sites for hydroxylation is 1. The summed E-state index contributed by atoms with van der Waals surface area (Å²) in [4.78, 5) is 16.2. The smallest absolute Gasteiger partial charge is 0.251 e. The van der Waals surface area contributed by atoms with Crippen molar-refractivity contribution in [2.75, 3.05) is 6.54 Å². The molecule has 1 heterocycles. The van der Waals surface area contributed by atoms with Crippen LogP contribution in [-0.4, -0.2) is 22.0 Å². The second-order valence-electron chi connectivity index (χ2n) is 4.90. The number of carbonyl (C=O) groups excluding carboxylic acids is 1. The van der Waals surface area contributed by atoms with Crippen LogP contribution in [0.1, 0.15) is 16.8 Å². The molecule has 1 aromatic heterocycles. The lowest BCUT2D eigenvalue weighted by atomic mass is 10.2. The molecule has 2 aromatic carbocycles. The van der Waals surface area contributed by atoms with Gasteiger partial charge in [0.1, 0.15) is 0 Å². The maximum Gasteiger partial charge on any atom is 0.251 e. The van der Waals surface area contributed by atoms with Crippen molar-refractivity contribution in [3.05, 3.63) is 66.5 Å². The van der Waals surface area contributed by atoms with Gasteiger partial charge >= 0.3 is 0 Å². The number of hydrogen-bond acceptors (Lipinski definition) is 2. The van der Waals surface area contributed by atoms with Gasteiger partial charge < -0.3 is 9.88 Å². The third-order valence-electron chi connectivity index (χ3n) is 3.42. The van der Waals surface area contributed by atoms with E-state index >= 15 is 0 Å². The van der Waals surface area contributed by atoms with E-state index in [1.807, 2.05) is 54.9 Å². The van der Waals surface area contributed by atoms with E-state index in [4.69, 9.17) is 0 Å². The van der Waals surface area contributed by atoms with Gasteiger partial charge in [-0.05, 0) is 30.7 Å². The molecule has 4 heteroatoms. The standard InChI is InChI=1S/C17H17N3O/c21-17(14-7-2-1-3-8-14)18-11-6-12-20-13-19-15-9-4-5-10-16(15)20/h1-5,7-10,13H,6,11-12H2,(H,18,21). The number of carbonyl (C=O) groups is 1. The molecule has 0 unspecified atom stereocenters. The highest BCUT2D eigenvalue weighted by atomic mass is 16.1. The minimum atomic E-state index is -0.0221. The van der Waals surface area contributed by atoms with Crippen LogP contribution in [0.25, 0.3) is 11.0 Å². The van der Waals surface area contributed by atoms with Crippen molar-refractivity contribution in [1.29, 1.82) is 0 Å². The summed E-state index contributed by atoms with van der Waals surface area (Å²) in [7, 11) is 0. The molecule has 0 saturated carbocycles. The molecule has 0 aliphatic heterocycles. The molecule has 0 bridgehead atoms. The zero-order chi connectivity index (χ0) is 14.5. The number of rotatable bonds is 5. The van der Waals surface area contributed by atoms with Gasteiger partial charge in [-0.2, -0.15) is 0 Å². The Labute approximate surface area is 123 Å². The highest BCUT2D eigenvalue weighted by molar-refractivity contribution is 5.94. The monoisotopic (exact) mass is 279 g/mol. The Hall–Kier alpha value is -2.62. The van der Waals surface area contributed by atoms with E-state index in [9.17, 15) is 4.79 Å². The van der Waals surface area contributed by atoms with E-state index in [2.05, 4.69) is 20.9 Å². The number of nitrogens with one attached hydrogen (secondary N) is 1. The Morgan fingerprint density at radius 2 is 1.81 bits per heavy atom. The van der Waals surface area contributed by atoms with Crippen LogP contribution < -0.4 is 5.32 Å². The van der Waals surface area contributed by atoms with E-state index in [0.29, 0.717) is 12.1 Å². The quantitative estimate of drug-likeness (QED) is 0.730. The van der Waals surface area contributed by atoms with Crippen LogP contribution in [-0.2, 0) is 6.54 Å². The number of amides is 1. The Balaban J connectivity index is 1.52. The van der Waals surface area contributed by atoms with Gasteiger partial charge in [0, 0.05) is 18.7 Å². The summed E-state index contributed by atoms with van der Waals surface area (Å²) in [6, 6.07) is 17.3. The van der Waals surface area contributed by atoms with E-state index in [1.54, 1.807) is 0 Å². The molecule has 0 atom stereocenters. The molecule has 21 heavy (non-hydrogen) atoms. The Kier molecular flexibility index (Phi) is 3.96. The third-order valence-corrected chi connectivity index (χ3v) is 3.42. The first-order valence-electron chi connectivity index (χ1n) is 7.08. The van der Waals surface area contributed by atoms with E-state index in [0.717, 1.165) is 24.0 Å². The van der Waals surface area contributed by atoms with Crippen molar-refractivity contribution in [3.63, 3.8) is 0 Å². The summed E-state index contributed by atoms with van der Waals surface area (Å²) in [6.45, 7) is 1.50. The number of benzene rings is 2. The minimum absolute atomic E-state index is 0.0221. The van der Waals surface area contributed by atoms with E-state index in [-0.39, 0.29) is 5.91 Å². The fourth-order valence-electron chi connectivity index (χ4n) is 2.33. The topological polar surface area (TPSA) is 46.9 Å². The number of imidazole rings is 1. The van der Waals surface area contributed by atoms with E-state index in [1.165, 1.54) is 0 Å². The molecular weight excluding hydrogens is 262 g/mol. The zero-order valence-electron chi connectivity index (χ0n) is 11.7. The number of para-hydroxylation sites is 2. The number of fused-ring (bicyclic) bond motifs is 1. The van der Waals surface area contributed by atoms with Crippen LogP contribution in [0.5, 0.6) is 0 Å². The van der Waals surface area contributed by atoms with Crippen LogP contribution >= 0.6 is 0 Å². The van der Waals surface area contributed by atoms with Crippen molar-refractivity contribution < 1.29 is 4.79 Å². The van der Waals surface area contributed by atoms with Gasteiger partial charge in [0.15, 0.2) is 0 Å². The summed E-state index contributed by atoms with van der Waals surface area (Å²) < 4.78 is 2.12. The second kappa shape index (κ2) is 6.22. The lowest BCUT2D eigenvalue weighted by molar-refractivity contribution is 0.0953. The molecule has 0 aliphatic carbocycles. The molecule has 1 N–H and O–H groups in total. The zero-order valence-corrected chi connectivity index (χ0v) is 11.7. The van der Waals surface area contributed by atoms with Gasteiger partial charge in [0.2, 0.25) is 0 Å². The normalized spacial score (nSPS) is 10.7. The molecule has 0 aliphatic rings. The number of aromatic nitrogens is 2. The SMILES string of the molecule is O=C(NCCCn1cnc2ccccc21)c1ccccc1. The average Bonchev–Trinajstić information content (AvgIpc) is 2.95. The number of nitrogens with zero attached hydrogens (tertiary/aromatic N) is 2. The molecule has 4 nitrogen and oxygen atoms in total.